The second-order valence-corrected chi connectivity index (χ2v) is 11.8. The number of carbonyl (C=O) groups is 2. The van der Waals surface area contributed by atoms with Crippen molar-refractivity contribution in [2.24, 2.45) is 0 Å². The first kappa shape index (κ1) is 29.1. The highest BCUT2D eigenvalue weighted by Crippen LogP contribution is 2.37. The van der Waals surface area contributed by atoms with Crippen LogP contribution in [0.5, 0.6) is 0 Å². The molecular weight excluding hydrogens is 523 g/mol. The molecule has 3 atom stereocenters. The Morgan fingerprint density at radius 2 is 1.78 bits per heavy atom. The lowest BCUT2D eigenvalue weighted by atomic mass is 9.78. The summed E-state index contributed by atoms with van der Waals surface area (Å²) < 4.78 is 22.6. The normalized spacial score (nSPS) is 21.2. The van der Waals surface area contributed by atoms with Crippen molar-refractivity contribution in [3.05, 3.63) is 48.4 Å². The van der Waals surface area contributed by atoms with Crippen molar-refractivity contribution in [1.82, 2.24) is 20.2 Å². The highest BCUT2D eigenvalue weighted by atomic mass is 16.7. The summed E-state index contributed by atoms with van der Waals surface area (Å²) in [4.78, 5) is 35.3. The number of methoxy groups -OCH3 is 2. The molecule has 0 saturated carbocycles. The van der Waals surface area contributed by atoms with Crippen LogP contribution in [0, 0.1) is 0 Å². The van der Waals surface area contributed by atoms with Crippen LogP contribution in [-0.4, -0.2) is 78.1 Å². The zero-order valence-electron chi connectivity index (χ0n) is 24.8. The summed E-state index contributed by atoms with van der Waals surface area (Å²) in [5, 5.41) is 4.79. The van der Waals surface area contributed by atoms with E-state index < -0.39 is 36.6 Å². The van der Waals surface area contributed by atoms with E-state index in [9.17, 15) is 9.59 Å². The lowest BCUT2D eigenvalue weighted by molar-refractivity contribution is -0.137. The highest BCUT2D eigenvalue weighted by molar-refractivity contribution is 6.62. The molecule has 3 unspecified atom stereocenters. The third kappa shape index (κ3) is 5.58. The smallest absolute Gasteiger partial charge is 0.453 e. The molecule has 0 radical (unpaired) electrons. The van der Waals surface area contributed by atoms with Gasteiger partial charge in [-0.1, -0.05) is 30.3 Å². The molecule has 218 valence electrons. The molecule has 2 aliphatic rings. The number of hydrogen-bond donors (Lipinski definition) is 2. The van der Waals surface area contributed by atoms with Gasteiger partial charge < -0.3 is 34.0 Å². The largest absolute Gasteiger partial charge is 0.494 e. The van der Waals surface area contributed by atoms with E-state index >= 15 is 0 Å². The number of fused-ring (bicyclic) bond motifs is 1. The number of nitrogens with zero attached hydrogens (tertiary/aromatic N) is 2. The number of imidazole rings is 1. The maximum absolute atomic E-state index is 13.5. The summed E-state index contributed by atoms with van der Waals surface area (Å²) in [6.45, 7) is 10.5. The Morgan fingerprint density at radius 1 is 1.10 bits per heavy atom. The second kappa shape index (κ2) is 11.1. The van der Waals surface area contributed by atoms with Crippen molar-refractivity contribution in [2.45, 2.75) is 76.9 Å². The average molecular weight is 562 g/mol. The van der Waals surface area contributed by atoms with Crippen molar-refractivity contribution >= 4 is 35.4 Å². The molecule has 11 heteroatoms. The molecule has 3 heterocycles. The van der Waals surface area contributed by atoms with Crippen LogP contribution in [0.3, 0.4) is 0 Å². The fourth-order valence-corrected chi connectivity index (χ4v) is 5.41. The Morgan fingerprint density at radius 3 is 2.46 bits per heavy atom. The molecule has 2 saturated heterocycles. The van der Waals surface area contributed by atoms with Gasteiger partial charge in [-0.15, -0.1) is 0 Å². The van der Waals surface area contributed by atoms with E-state index in [2.05, 4.69) is 79.4 Å². The van der Waals surface area contributed by atoms with E-state index in [-0.39, 0.29) is 11.9 Å². The Balaban J connectivity index is 1.34. The molecule has 0 bridgehead atoms. The van der Waals surface area contributed by atoms with E-state index in [1.165, 1.54) is 14.2 Å². The third-order valence-corrected chi connectivity index (χ3v) is 8.71. The number of ether oxygens (including phenoxy) is 2. The fraction of sp³-hybridized carbons (Fsp3) is 0.500. The van der Waals surface area contributed by atoms with Gasteiger partial charge in [-0.3, -0.25) is 4.79 Å². The maximum Gasteiger partial charge on any atom is 0.494 e. The number of aromatic amines is 1. The van der Waals surface area contributed by atoms with Crippen LogP contribution in [0.4, 0.5) is 4.79 Å². The van der Waals surface area contributed by atoms with Crippen LogP contribution in [0.2, 0.25) is 0 Å². The van der Waals surface area contributed by atoms with E-state index in [0.717, 1.165) is 40.3 Å². The van der Waals surface area contributed by atoms with E-state index in [4.69, 9.17) is 18.8 Å². The van der Waals surface area contributed by atoms with E-state index in [0.29, 0.717) is 12.4 Å². The predicted octanol–water partition coefficient (Wildman–Crippen LogP) is 3.95. The molecule has 2 amide bonds. The van der Waals surface area contributed by atoms with Crippen molar-refractivity contribution in [2.75, 3.05) is 20.8 Å². The lowest BCUT2D eigenvalue weighted by Gasteiger charge is -2.32. The molecule has 2 aliphatic heterocycles. The summed E-state index contributed by atoms with van der Waals surface area (Å²) in [6.07, 6.45) is 2.20. The van der Waals surface area contributed by atoms with Crippen LogP contribution < -0.4 is 10.8 Å². The van der Waals surface area contributed by atoms with Crippen molar-refractivity contribution < 1.29 is 28.4 Å². The first-order valence-electron chi connectivity index (χ1n) is 14.1. The Bertz CT molecular complexity index is 1420. The van der Waals surface area contributed by atoms with Crippen LogP contribution >= 0.6 is 0 Å². The molecule has 10 nitrogen and oxygen atoms in total. The second-order valence-electron chi connectivity index (χ2n) is 11.8. The Hall–Kier alpha value is -3.41. The SMILES string of the molecule is COC(=O)NC(C(=O)N1CCCC1c1ncc(-c2ccc3cc(B4OC(C)(C)C(C)(C)O4)ccc3c2)[nH]1)C(C)OC. The summed E-state index contributed by atoms with van der Waals surface area (Å²) in [7, 11) is 2.36. The van der Waals surface area contributed by atoms with Crippen LogP contribution in [0.25, 0.3) is 22.0 Å². The van der Waals surface area contributed by atoms with Gasteiger partial charge in [-0.25, -0.2) is 9.78 Å². The zero-order chi connectivity index (χ0) is 29.5. The minimum Gasteiger partial charge on any atom is -0.453 e. The molecular formula is C30H39BN4O6. The summed E-state index contributed by atoms with van der Waals surface area (Å²) in [5.41, 5.74) is 2.06. The van der Waals surface area contributed by atoms with Gasteiger partial charge in [0.1, 0.15) is 11.9 Å². The van der Waals surface area contributed by atoms with Gasteiger partial charge in [0.25, 0.3) is 0 Å². The summed E-state index contributed by atoms with van der Waals surface area (Å²) >= 11 is 0. The maximum atomic E-state index is 13.5. The van der Waals surface area contributed by atoms with Crippen LogP contribution in [0.15, 0.2) is 42.6 Å². The van der Waals surface area contributed by atoms with Gasteiger partial charge in [0.2, 0.25) is 5.91 Å². The molecule has 41 heavy (non-hydrogen) atoms. The zero-order valence-corrected chi connectivity index (χ0v) is 24.8. The molecule has 2 N–H and O–H groups in total. The third-order valence-electron chi connectivity index (χ3n) is 8.71. The molecule has 2 fully saturated rings. The standard InChI is InChI=1S/C30H39BN4O6/c1-18(38-6)25(34-28(37)39-7)27(36)35-14-8-9-24(35)26-32-17-23(33-26)21-11-10-20-16-22(13-12-19(20)15-21)31-40-29(2,3)30(4,5)41-31/h10-13,15-18,24-25H,8-9,14H2,1-7H3,(H,32,33)(H,34,37). The minimum atomic E-state index is -0.870. The van der Waals surface area contributed by atoms with Gasteiger partial charge >= 0.3 is 13.2 Å². The summed E-state index contributed by atoms with van der Waals surface area (Å²) in [6, 6.07) is 11.4. The van der Waals surface area contributed by atoms with Gasteiger partial charge in [-0.05, 0) is 69.8 Å². The monoisotopic (exact) mass is 562 g/mol. The molecule has 1 aromatic heterocycles. The first-order valence-corrected chi connectivity index (χ1v) is 14.1. The lowest BCUT2D eigenvalue weighted by Crippen LogP contribution is -2.54. The molecule has 2 aromatic carbocycles. The van der Waals surface area contributed by atoms with E-state index in [1.54, 1.807) is 18.0 Å². The summed E-state index contributed by atoms with van der Waals surface area (Å²) in [5.74, 6) is 0.484. The fourth-order valence-electron chi connectivity index (χ4n) is 5.41. The van der Waals surface area contributed by atoms with Gasteiger partial charge in [-0.2, -0.15) is 0 Å². The quantitative estimate of drug-likeness (QED) is 0.419. The van der Waals surface area contributed by atoms with Crippen molar-refractivity contribution in [3.8, 4) is 11.3 Å². The Kier molecular flexibility index (Phi) is 7.89. The molecule has 0 spiro atoms. The highest BCUT2D eigenvalue weighted by Gasteiger charge is 2.51. The minimum absolute atomic E-state index is 0.228. The van der Waals surface area contributed by atoms with Crippen LogP contribution in [0.1, 0.15) is 59.3 Å². The van der Waals surface area contributed by atoms with Gasteiger partial charge in [0, 0.05) is 19.2 Å². The number of likely N-dealkylation sites (tertiary alicyclic amines) is 1. The number of benzene rings is 2. The number of rotatable bonds is 7. The van der Waals surface area contributed by atoms with Crippen LogP contribution in [-0.2, 0) is 23.6 Å². The number of hydrogen-bond acceptors (Lipinski definition) is 7. The number of H-pyrrole nitrogens is 1. The number of aromatic nitrogens is 2. The number of alkyl carbamates (subject to hydrolysis) is 1. The van der Waals surface area contributed by atoms with Gasteiger partial charge in [0.15, 0.2) is 0 Å². The number of carbonyl (C=O) groups excluding carboxylic acids is 2. The first-order chi connectivity index (χ1) is 19.4. The Labute approximate surface area is 241 Å². The number of amides is 2. The molecule has 5 rings (SSSR count). The molecule has 0 aliphatic carbocycles. The number of nitrogens with one attached hydrogen (secondary N) is 2. The topological polar surface area (TPSA) is 115 Å². The average Bonchev–Trinajstić information content (AvgIpc) is 3.68. The van der Waals surface area contributed by atoms with E-state index in [1.807, 2.05) is 0 Å². The predicted molar refractivity (Wildman–Crippen MR) is 157 cm³/mol. The van der Waals surface area contributed by atoms with Crippen molar-refractivity contribution in [1.29, 1.82) is 0 Å². The van der Waals surface area contributed by atoms with Gasteiger partial charge in [0.05, 0.1) is 42.3 Å². The molecule has 3 aromatic rings. The van der Waals surface area contributed by atoms with Crippen molar-refractivity contribution in [3.63, 3.8) is 0 Å².